The molecule has 1 unspecified atom stereocenters. The summed E-state index contributed by atoms with van der Waals surface area (Å²) in [5.41, 5.74) is 8.52. The Morgan fingerprint density at radius 2 is 2.08 bits per heavy atom. The smallest absolute Gasteiger partial charge is 0.223 e. The van der Waals surface area contributed by atoms with Crippen molar-refractivity contribution in [1.29, 1.82) is 0 Å². The zero-order valence-corrected chi connectivity index (χ0v) is 15.9. The van der Waals surface area contributed by atoms with Crippen LogP contribution in [0.25, 0.3) is 0 Å². The number of nitrogens with one attached hydrogen (secondary N) is 1. The molecule has 3 rings (SSSR count). The van der Waals surface area contributed by atoms with Crippen molar-refractivity contribution in [2.75, 3.05) is 24.5 Å². The lowest BCUT2D eigenvalue weighted by Gasteiger charge is -2.28. The number of carbonyl (C=O) groups excluding carboxylic acids is 1. The molecule has 1 amide bonds. The predicted octanol–water partition coefficient (Wildman–Crippen LogP) is 2.77. The molecule has 1 saturated carbocycles. The molecule has 136 valence electrons. The number of hydrogen-bond acceptors (Lipinski definition) is 3. The van der Waals surface area contributed by atoms with E-state index in [4.69, 9.17) is 5.73 Å². The van der Waals surface area contributed by atoms with E-state index < -0.39 is 0 Å². The number of nitrogens with zero attached hydrogens (tertiary/aromatic N) is 1. The Morgan fingerprint density at radius 3 is 2.83 bits per heavy atom. The minimum Gasteiger partial charge on any atom is -0.366 e. The summed E-state index contributed by atoms with van der Waals surface area (Å²) in [7, 11) is 0. The van der Waals surface area contributed by atoms with Gasteiger partial charge < -0.3 is 16.0 Å². The number of rotatable bonds is 5. The first-order chi connectivity index (χ1) is 10.7. The maximum Gasteiger partial charge on any atom is 0.223 e. The SMILES string of the molecule is CC(CNC(=O)[C@@H]1CCC[C@@H]1CN)N1CCc2ccccc21.Cl.Cl. The van der Waals surface area contributed by atoms with Crippen molar-refractivity contribution in [2.45, 2.75) is 38.6 Å². The quantitative estimate of drug-likeness (QED) is 0.833. The van der Waals surface area contributed by atoms with Gasteiger partial charge >= 0.3 is 0 Å². The lowest BCUT2D eigenvalue weighted by Crippen LogP contribution is -2.44. The van der Waals surface area contributed by atoms with Crippen LogP contribution in [-0.2, 0) is 11.2 Å². The summed E-state index contributed by atoms with van der Waals surface area (Å²) in [6, 6.07) is 8.90. The van der Waals surface area contributed by atoms with E-state index >= 15 is 0 Å². The van der Waals surface area contributed by atoms with Gasteiger partial charge in [-0.2, -0.15) is 0 Å². The average molecular weight is 374 g/mol. The molecule has 1 aromatic rings. The second-order valence-electron chi connectivity index (χ2n) is 6.70. The highest BCUT2D eigenvalue weighted by atomic mass is 35.5. The van der Waals surface area contributed by atoms with E-state index in [1.807, 2.05) is 0 Å². The molecule has 0 aromatic heterocycles. The summed E-state index contributed by atoms with van der Waals surface area (Å²) < 4.78 is 0. The van der Waals surface area contributed by atoms with Gasteiger partial charge in [-0.05, 0) is 50.3 Å². The topological polar surface area (TPSA) is 58.4 Å². The number of nitrogens with two attached hydrogens (primary N) is 1. The van der Waals surface area contributed by atoms with Crippen molar-refractivity contribution in [3.8, 4) is 0 Å². The normalized spacial score (nSPS) is 23.0. The molecule has 3 atom stereocenters. The molecule has 6 heteroatoms. The first kappa shape index (κ1) is 21.1. The summed E-state index contributed by atoms with van der Waals surface area (Å²) >= 11 is 0. The van der Waals surface area contributed by atoms with Crippen molar-refractivity contribution < 1.29 is 4.79 Å². The van der Waals surface area contributed by atoms with Crippen molar-refractivity contribution in [3.05, 3.63) is 29.8 Å². The summed E-state index contributed by atoms with van der Waals surface area (Å²) in [6.07, 6.45) is 4.33. The lowest BCUT2D eigenvalue weighted by atomic mass is 9.95. The van der Waals surface area contributed by atoms with Gasteiger partial charge in [-0.25, -0.2) is 0 Å². The molecule has 0 saturated heterocycles. The number of halogens is 2. The Morgan fingerprint density at radius 1 is 1.33 bits per heavy atom. The molecule has 1 aliphatic heterocycles. The van der Waals surface area contributed by atoms with Crippen molar-refractivity contribution >= 4 is 36.4 Å². The number of fused-ring (bicyclic) bond motifs is 1. The monoisotopic (exact) mass is 373 g/mol. The third kappa shape index (κ3) is 4.35. The number of hydrogen-bond donors (Lipinski definition) is 2. The molecule has 0 bridgehead atoms. The van der Waals surface area contributed by atoms with E-state index in [0.717, 1.165) is 32.2 Å². The minimum absolute atomic E-state index is 0. The van der Waals surface area contributed by atoms with Gasteiger partial charge in [0.05, 0.1) is 0 Å². The Kier molecular flexibility index (Phi) is 8.34. The minimum atomic E-state index is 0. The van der Waals surface area contributed by atoms with Crippen LogP contribution >= 0.6 is 24.8 Å². The molecule has 0 radical (unpaired) electrons. The Balaban J connectivity index is 0.00000144. The standard InChI is InChI=1S/C18H27N3O.2ClH/c1-13(21-10-9-14-5-2-3-8-17(14)21)12-20-18(22)16-7-4-6-15(16)11-19;;/h2-3,5,8,13,15-16H,4,6-7,9-12,19H2,1H3,(H,20,22);2*1H/t13?,15-,16-;;/m1../s1. The van der Waals surface area contributed by atoms with E-state index in [0.29, 0.717) is 25.0 Å². The van der Waals surface area contributed by atoms with Crippen LogP contribution in [0.3, 0.4) is 0 Å². The fourth-order valence-electron chi connectivity index (χ4n) is 3.98. The van der Waals surface area contributed by atoms with Crippen LogP contribution in [0.2, 0.25) is 0 Å². The highest BCUT2D eigenvalue weighted by molar-refractivity contribution is 5.85. The number of carbonyl (C=O) groups is 1. The summed E-state index contributed by atoms with van der Waals surface area (Å²) in [5, 5.41) is 3.16. The highest BCUT2D eigenvalue weighted by Crippen LogP contribution is 2.31. The third-order valence-electron chi connectivity index (χ3n) is 5.33. The fourth-order valence-corrected chi connectivity index (χ4v) is 3.98. The van der Waals surface area contributed by atoms with Gasteiger partial charge in [0.25, 0.3) is 0 Å². The van der Waals surface area contributed by atoms with Crippen LogP contribution in [0, 0.1) is 11.8 Å². The van der Waals surface area contributed by atoms with Gasteiger partial charge in [-0.1, -0.05) is 24.6 Å². The second-order valence-corrected chi connectivity index (χ2v) is 6.70. The lowest BCUT2D eigenvalue weighted by molar-refractivity contribution is -0.126. The Labute approximate surface area is 157 Å². The Hall–Kier alpha value is -0.970. The van der Waals surface area contributed by atoms with Crippen LogP contribution in [0.5, 0.6) is 0 Å². The molecule has 1 aromatic carbocycles. The molecule has 1 heterocycles. The predicted molar refractivity (Wildman–Crippen MR) is 104 cm³/mol. The molecule has 4 nitrogen and oxygen atoms in total. The Bertz CT molecular complexity index is 541. The number of para-hydroxylation sites is 1. The molecule has 3 N–H and O–H groups in total. The maximum absolute atomic E-state index is 12.4. The van der Waals surface area contributed by atoms with Gasteiger partial charge in [-0.15, -0.1) is 24.8 Å². The third-order valence-corrected chi connectivity index (χ3v) is 5.33. The largest absolute Gasteiger partial charge is 0.366 e. The van der Waals surface area contributed by atoms with Crippen LogP contribution < -0.4 is 16.0 Å². The number of anilines is 1. The van der Waals surface area contributed by atoms with Gasteiger partial charge in [0, 0.05) is 30.7 Å². The van der Waals surface area contributed by atoms with E-state index in [1.165, 1.54) is 11.3 Å². The highest BCUT2D eigenvalue weighted by Gasteiger charge is 2.32. The van der Waals surface area contributed by atoms with Crippen LogP contribution in [0.15, 0.2) is 24.3 Å². The van der Waals surface area contributed by atoms with Gasteiger partial charge in [0.15, 0.2) is 0 Å². The van der Waals surface area contributed by atoms with Gasteiger partial charge in [-0.3, -0.25) is 4.79 Å². The zero-order chi connectivity index (χ0) is 15.5. The first-order valence-electron chi connectivity index (χ1n) is 8.53. The molecule has 2 aliphatic rings. The molecule has 24 heavy (non-hydrogen) atoms. The van der Waals surface area contributed by atoms with E-state index in [2.05, 4.69) is 41.4 Å². The van der Waals surface area contributed by atoms with Crippen molar-refractivity contribution in [1.82, 2.24) is 5.32 Å². The average Bonchev–Trinajstić information content (AvgIpc) is 3.18. The molecule has 1 fully saturated rings. The first-order valence-corrected chi connectivity index (χ1v) is 8.53. The van der Waals surface area contributed by atoms with Gasteiger partial charge in [0.1, 0.15) is 0 Å². The summed E-state index contributed by atoms with van der Waals surface area (Å²) in [6.45, 7) is 4.58. The van der Waals surface area contributed by atoms with E-state index in [9.17, 15) is 4.79 Å². The molecular weight excluding hydrogens is 345 g/mol. The summed E-state index contributed by atoms with van der Waals surface area (Å²) in [5.74, 6) is 0.707. The summed E-state index contributed by atoms with van der Waals surface area (Å²) in [4.78, 5) is 14.8. The maximum atomic E-state index is 12.4. The molecule has 0 spiro atoms. The van der Waals surface area contributed by atoms with Crippen LogP contribution in [0.1, 0.15) is 31.7 Å². The number of amides is 1. The van der Waals surface area contributed by atoms with E-state index in [1.54, 1.807) is 0 Å². The molecule has 1 aliphatic carbocycles. The van der Waals surface area contributed by atoms with Crippen molar-refractivity contribution in [3.63, 3.8) is 0 Å². The van der Waals surface area contributed by atoms with Crippen molar-refractivity contribution in [2.24, 2.45) is 17.6 Å². The number of benzene rings is 1. The van der Waals surface area contributed by atoms with Crippen LogP contribution in [0.4, 0.5) is 5.69 Å². The van der Waals surface area contributed by atoms with Gasteiger partial charge in [0.2, 0.25) is 5.91 Å². The van der Waals surface area contributed by atoms with Crippen LogP contribution in [-0.4, -0.2) is 31.6 Å². The second kappa shape index (κ2) is 9.50. The molecular formula is C18H29Cl2N3O. The fraction of sp³-hybridized carbons (Fsp3) is 0.611. The zero-order valence-electron chi connectivity index (χ0n) is 14.2. The van der Waals surface area contributed by atoms with E-state index in [-0.39, 0.29) is 36.6 Å².